The Hall–Kier alpha value is -6.34. The summed E-state index contributed by atoms with van der Waals surface area (Å²) in [6.45, 7) is -0.377. The number of benzene rings is 3. The van der Waals surface area contributed by atoms with Crippen LogP contribution in [0.4, 0.5) is 0 Å². The van der Waals surface area contributed by atoms with Crippen LogP contribution in [0, 0.1) is 0 Å². The van der Waals surface area contributed by atoms with Crippen molar-refractivity contribution in [3.8, 4) is 0 Å². The summed E-state index contributed by atoms with van der Waals surface area (Å²) in [6, 6.07) is 28.2. The minimum Gasteiger partial charge on any atom is -0.459 e. The summed E-state index contributed by atoms with van der Waals surface area (Å²) in [5.74, 6) is -2.09. The highest BCUT2D eigenvalue weighted by Gasteiger charge is 2.52. The maximum atomic E-state index is 13.6. The van der Waals surface area contributed by atoms with E-state index in [9.17, 15) is 24.0 Å². The fourth-order valence-electron chi connectivity index (χ4n) is 6.05. The lowest BCUT2D eigenvalue weighted by atomic mass is 10.0. The van der Waals surface area contributed by atoms with E-state index in [0.29, 0.717) is 16.8 Å². The highest BCUT2D eigenvalue weighted by Crippen LogP contribution is 2.39. The van der Waals surface area contributed by atoms with Gasteiger partial charge in [-0.1, -0.05) is 54.6 Å². The van der Waals surface area contributed by atoms with Crippen LogP contribution in [-0.4, -0.2) is 61.3 Å². The first kappa shape index (κ1) is 32.2. The van der Waals surface area contributed by atoms with Crippen LogP contribution in [0.2, 0.25) is 0 Å². The van der Waals surface area contributed by atoms with Crippen molar-refractivity contribution in [3.63, 3.8) is 0 Å². The zero-order chi connectivity index (χ0) is 34.9. The van der Waals surface area contributed by atoms with E-state index in [4.69, 9.17) is 18.9 Å². The number of carbonyl (C=O) groups is 3. The Labute approximate surface area is 283 Å². The lowest BCUT2D eigenvalue weighted by Crippen LogP contribution is -2.41. The molecule has 3 aromatic heterocycles. The van der Waals surface area contributed by atoms with Gasteiger partial charge in [-0.15, -0.1) is 0 Å². The number of carbonyl (C=O) groups excluding carboxylic acids is 3. The highest BCUT2D eigenvalue weighted by molar-refractivity contribution is 5.91. The van der Waals surface area contributed by atoms with Crippen molar-refractivity contribution in [3.05, 3.63) is 153 Å². The highest BCUT2D eigenvalue weighted by atomic mass is 16.6. The second-order valence-corrected chi connectivity index (χ2v) is 11.7. The summed E-state index contributed by atoms with van der Waals surface area (Å²) in [7, 11) is 2.86. The summed E-state index contributed by atoms with van der Waals surface area (Å²) in [5, 5.41) is 0. The van der Waals surface area contributed by atoms with Crippen LogP contribution in [0.15, 0.2) is 119 Å². The molecule has 4 atom stereocenters. The number of hydrogen-bond donors (Lipinski definition) is 0. The zero-order valence-corrected chi connectivity index (χ0v) is 26.9. The lowest BCUT2D eigenvalue weighted by molar-refractivity contribution is -0.0452. The summed E-state index contributed by atoms with van der Waals surface area (Å²) in [5.41, 5.74) is 0.585. The van der Waals surface area contributed by atoms with E-state index in [-0.39, 0.29) is 28.9 Å². The van der Waals surface area contributed by atoms with E-state index in [2.05, 4.69) is 4.98 Å². The molecule has 4 heterocycles. The Morgan fingerprint density at radius 2 is 1.24 bits per heavy atom. The molecule has 0 aliphatic carbocycles. The van der Waals surface area contributed by atoms with E-state index >= 15 is 0 Å². The molecule has 1 fully saturated rings. The molecule has 252 valence electrons. The SMILES string of the molecule is Cn1c(=O)c2c(ncc3ccc([C@@H]4O[C@H](COC(=O)c5ccccc5)[C@@H](OC(=O)c5ccccc5)[C@H]4OC(=O)c4ccccc4)n32)n(C)c1=O. The van der Waals surface area contributed by atoms with Crippen molar-refractivity contribution in [1.29, 1.82) is 0 Å². The van der Waals surface area contributed by atoms with Gasteiger partial charge in [0.15, 0.2) is 23.4 Å². The second-order valence-electron chi connectivity index (χ2n) is 11.7. The van der Waals surface area contributed by atoms with Gasteiger partial charge in [-0.05, 0) is 48.5 Å². The molecule has 50 heavy (non-hydrogen) atoms. The Bertz CT molecular complexity index is 2350. The number of ether oxygens (including phenoxy) is 4. The van der Waals surface area contributed by atoms with E-state index in [0.717, 1.165) is 4.57 Å². The molecule has 0 bridgehead atoms. The fourth-order valence-corrected chi connectivity index (χ4v) is 6.05. The second kappa shape index (κ2) is 13.3. The number of nitrogens with zero attached hydrogens (tertiary/aromatic N) is 4. The third-order valence-electron chi connectivity index (χ3n) is 8.59. The smallest absolute Gasteiger partial charge is 0.338 e. The quantitative estimate of drug-likeness (QED) is 0.173. The fraction of sp³-hybridized carbons (Fsp3) is 0.189. The Morgan fingerprint density at radius 1 is 0.700 bits per heavy atom. The number of aryl methyl sites for hydroxylation is 1. The molecular formula is C37H30N4O9. The Balaban J connectivity index is 1.36. The monoisotopic (exact) mass is 674 g/mol. The lowest BCUT2D eigenvalue weighted by Gasteiger charge is -2.25. The molecular weight excluding hydrogens is 644 g/mol. The number of aromatic nitrogens is 4. The number of hydrogen-bond acceptors (Lipinski definition) is 10. The summed E-state index contributed by atoms with van der Waals surface area (Å²) in [4.78, 5) is 70.9. The molecule has 0 amide bonds. The summed E-state index contributed by atoms with van der Waals surface area (Å²) < 4.78 is 28.1. The summed E-state index contributed by atoms with van der Waals surface area (Å²) >= 11 is 0. The molecule has 0 unspecified atom stereocenters. The normalized spacial score (nSPS) is 18.6. The van der Waals surface area contributed by atoms with Crippen LogP contribution in [0.25, 0.3) is 16.7 Å². The molecule has 6 aromatic rings. The van der Waals surface area contributed by atoms with Crippen LogP contribution >= 0.6 is 0 Å². The molecule has 1 saturated heterocycles. The molecule has 1 aliphatic rings. The molecule has 0 spiro atoms. The van der Waals surface area contributed by atoms with Crippen molar-refractivity contribution in [2.45, 2.75) is 24.4 Å². The Morgan fingerprint density at radius 3 is 1.82 bits per heavy atom. The van der Waals surface area contributed by atoms with Crippen molar-refractivity contribution in [1.82, 2.24) is 18.5 Å². The van der Waals surface area contributed by atoms with Crippen molar-refractivity contribution < 1.29 is 33.3 Å². The van der Waals surface area contributed by atoms with Gasteiger partial charge in [-0.25, -0.2) is 24.2 Å². The maximum Gasteiger partial charge on any atom is 0.338 e. The van der Waals surface area contributed by atoms with Crippen LogP contribution in [0.1, 0.15) is 42.9 Å². The maximum absolute atomic E-state index is 13.6. The average molecular weight is 675 g/mol. The first-order chi connectivity index (χ1) is 24.2. The largest absolute Gasteiger partial charge is 0.459 e. The van der Waals surface area contributed by atoms with Crippen molar-refractivity contribution in [2.24, 2.45) is 14.1 Å². The van der Waals surface area contributed by atoms with Crippen LogP contribution < -0.4 is 11.2 Å². The van der Waals surface area contributed by atoms with Crippen LogP contribution in [-0.2, 0) is 33.0 Å². The van der Waals surface area contributed by atoms with E-state index < -0.39 is 53.6 Å². The average Bonchev–Trinajstić information content (AvgIpc) is 3.73. The molecule has 3 aromatic carbocycles. The van der Waals surface area contributed by atoms with E-state index in [1.54, 1.807) is 108 Å². The number of esters is 3. The van der Waals surface area contributed by atoms with Crippen LogP contribution in [0.5, 0.6) is 0 Å². The van der Waals surface area contributed by atoms with Gasteiger partial charge in [0, 0.05) is 14.1 Å². The van der Waals surface area contributed by atoms with Gasteiger partial charge < -0.3 is 23.3 Å². The number of fused-ring (bicyclic) bond motifs is 3. The van der Waals surface area contributed by atoms with Gasteiger partial charge in [0.05, 0.1) is 34.1 Å². The third-order valence-corrected chi connectivity index (χ3v) is 8.59. The third kappa shape index (κ3) is 5.83. The minimum absolute atomic E-state index is 0.0700. The molecule has 13 nitrogen and oxygen atoms in total. The van der Waals surface area contributed by atoms with Crippen molar-refractivity contribution in [2.75, 3.05) is 6.61 Å². The van der Waals surface area contributed by atoms with Crippen molar-refractivity contribution >= 4 is 34.6 Å². The van der Waals surface area contributed by atoms with Gasteiger partial charge in [-0.2, -0.15) is 0 Å². The first-order valence-electron chi connectivity index (χ1n) is 15.7. The molecule has 0 N–H and O–H groups in total. The topological polar surface area (TPSA) is 149 Å². The van der Waals surface area contributed by atoms with E-state index in [1.165, 1.54) is 24.9 Å². The molecule has 0 saturated carbocycles. The minimum atomic E-state index is -1.30. The predicted molar refractivity (Wildman–Crippen MR) is 179 cm³/mol. The number of rotatable bonds is 8. The van der Waals surface area contributed by atoms with Gasteiger partial charge in [0.1, 0.15) is 18.8 Å². The molecule has 1 aliphatic heterocycles. The molecule has 13 heteroatoms. The van der Waals surface area contributed by atoms with Gasteiger partial charge in [-0.3, -0.25) is 13.9 Å². The molecule has 7 rings (SSSR count). The molecule has 0 radical (unpaired) electrons. The van der Waals surface area contributed by atoms with Crippen LogP contribution in [0.3, 0.4) is 0 Å². The van der Waals surface area contributed by atoms with Gasteiger partial charge in [0.25, 0.3) is 5.56 Å². The predicted octanol–water partition coefficient (Wildman–Crippen LogP) is 3.63. The van der Waals surface area contributed by atoms with E-state index in [1.807, 2.05) is 0 Å². The standard InChI is InChI=1S/C37H30N4O9/c1-39-32-28(33(42)40(2)37(39)46)41-25(20-38-32)18-19-26(41)29-31(50-36(45)24-16-10-5-11-17-24)30(49-35(44)23-14-8-4-9-15-23)27(48-29)21-47-34(43)22-12-6-3-7-13-22/h3-20,27,29-31H,21H2,1-2H3/t27-,29+,30-,31+/m1/s1. The van der Waals surface area contributed by atoms with Gasteiger partial charge >= 0.3 is 23.6 Å². The van der Waals surface area contributed by atoms with Gasteiger partial charge in [0.2, 0.25) is 0 Å². The zero-order valence-electron chi connectivity index (χ0n) is 26.9. The summed E-state index contributed by atoms with van der Waals surface area (Å²) in [6.07, 6.45) is -3.37. The Kier molecular flexibility index (Phi) is 8.56. The first-order valence-corrected chi connectivity index (χ1v) is 15.7.